The molecule has 3 aromatic rings. The molecule has 8 nitrogen and oxygen atoms in total. The van der Waals surface area contributed by atoms with Crippen molar-refractivity contribution in [2.75, 3.05) is 5.32 Å². The van der Waals surface area contributed by atoms with Crippen molar-refractivity contribution in [2.45, 2.75) is 52.2 Å². The van der Waals surface area contributed by atoms with Gasteiger partial charge in [-0.15, -0.1) is 11.3 Å². The van der Waals surface area contributed by atoms with E-state index in [4.69, 9.17) is 16.3 Å². The third kappa shape index (κ3) is 4.33. The average Bonchev–Trinajstić information content (AvgIpc) is 2.91. The SMILES string of the molecule is Cc1c(C(=O)OC(C)C(=O)Nc2ccc(Cl)cn2)sc2nc3n(c(=O)c12)CCCCC3. The zero-order valence-electron chi connectivity index (χ0n) is 17.1. The summed E-state index contributed by atoms with van der Waals surface area (Å²) in [6.07, 6.45) is 4.10. The predicted molar refractivity (Wildman–Crippen MR) is 119 cm³/mol. The molecule has 0 aliphatic carbocycles. The van der Waals surface area contributed by atoms with E-state index in [0.29, 0.717) is 33.2 Å². The third-order valence-corrected chi connectivity index (χ3v) is 6.62. The number of ether oxygens (including phenoxy) is 1. The summed E-state index contributed by atoms with van der Waals surface area (Å²) in [6.45, 7) is 3.83. The molecule has 1 aliphatic rings. The van der Waals surface area contributed by atoms with E-state index in [2.05, 4.69) is 15.3 Å². The fourth-order valence-corrected chi connectivity index (χ4v) is 4.73. The molecule has 1 unspecified atom stereocenters. The number of esters is 1. The lowest BCUT2D eigenvalue weighted by molar-refractivity contribution is -0.123. The number of hydrogen-bond donors (Lipinski definition) is 1. The highest BCUT2D eigenvalue weighted by molar-refractivity contribution is 7.20. The summed E-state index contributed by atoms with van der Waals surface area (Å²) in [6, 6.07) is 3.14. The number of pyridine rings is 1. The third-order valence-electron chi connectivity index (χ3n) is 5.23. The molecule has 0 aromatic carbocycles. The van der Waals surface area contributed by atoms with Gasteiger partial charge in [-0.2, -0.15) is 0 Å². The highest BCUT2D eigenvalue weighted by atomic mass is 35.5. The van der Waals surface area contributed by atoms with Gasteiger partial charge in [0.15, 0.2) is 6.10 Å². The number of nitrogens with one attached hydrogen (secondary N) is 1. The number of hydrogen-bond acceptors (Lipinski definition) is 7. The second-order valence-corrected chi connectivity index (χ2v) is 8.87. The smallest absolute Gasteiger partial charge is 0.349 e. The second kappa shape index (κ2) is 8.76. The number of nitrogens with zero attached hydrogens (tertiary/aromatic N) is 3. The van der Waals surface area contributed by atoms with Crippen LogP contribution in [0.2, 0.25) is 5.02 Å². The Hall–Kier alpha value is -2.78. The molecule has 31 heavy (non-hydrogen) atoms. The summed E-state index contributed by atoms with van der Waals surface area (Å²) in [5, 5.41) is 3.46. The molecular formula is C21H21ClN4O4S. The van der Waals surface area contributed by atoms with Crippen LogP contribution in [0.25, 0.3) is 10.2 Å². The summed E-state index contributed by atoms with van der Waals surface area (Å²) in [5.74, 6) is -0.118. The Morgan fingerprint density at radius 3 is 2.84 bits per heavy atom. The molecule has 0 bridgehead atoms. The minimum absolute atomic E-state index is 0.116. The van der Waals surface area contributed by atoms with Gasteiger partial charge in [-0.1, -0.05) is 18.0 Å². The van der Waals surface area contributed by atoms with Crippen LogP contribution in [0.1, 0.15) is 47.2 Å². The number of halogens is 1. The molecular weight excluding hydrogens is 440 g/mol. The highest BCUT2D eigenvalue weighted by Gasteiger charge is 2.26. The number of rotatable bonds is 4. The molecule has 1 atom stereocenters. The molecule has 0 spiro atoms. The van der Waals surface area contributed by atoms with Crippen molar-refractivity contribution in [2.24, 2.45) is 0 Å². The molecule has 0 saturated carbocycles. The fourth-order valence-electron chi connectivity index (χ4n) is 3.55. The van der Waals surface area contributed by atoms with Gasteiger partial charge in [0, 0.05) is 19.2 Å². The van der Waals surface area contributed by atoms with E-state index in [1.807, 2.05) is 0 Å². The first-order valence-electron chi connectivity index (χ1n) is 10.0. The Morgan fingerprint density at radius 1 is 1.29 bits per heavy atom. The van der Waals surface area contributed by atoms with Gasteiger partial charge in [-0.25, -0.2) is 14.8 Å². The van der Waals surface area contributed by atoms with E-state index in [9.17, 15) is 14.4 Å². The Balaban J connectivity index is 1.55. The molecule has 3 aromatic heterocycles. The van der Waals surface area contributed by atoms with Gasteiger partial charge in [0.05, 0.1) is 10.4 Å². The topological polar surface area (TPSA) is 103 Å². The Morgan fingerprint density at radius 2 is 2.10 bits per heavy atom. The van der Waals surface area contributed by atoms with Crippen molar-refractivity contribution < 1.29 is 14.3 Å². The number of carbonyl (C=O) groups is 2. The van der Waals surface area contributed by atoms with Crippen LogP contribution < -0.4 is 10.9 Å². The van der Waals surface area contributed by atoms with Crippen molar-refractivity contribution in [3.05, 3.63) is 50.0 Å². The van der Waals surface area contributed by atoms with Crippen molar-refractivity contribution in [1.29, 1.82) is 0 Å². The predicted octanol–water partition coefficient (Wildman–Crippen LogP) is 3.73. The molecule has 1 aliphatic heterocycles. The lowest BCUT2D eigenvalue weighted by Gasteiger charge is -2.12. The maximum absolute atomic E-state index is 13.0. The highest BCUT2D eigenvalue weighted by Crippen LogP contribution is 2.29. The zero-order chi connectivity index (χ0) is 22.1. The van der Waals surface area contributed by atoms with Crippen molar-refractivity contribution in [1.82, 2.24) is 14.5 Å². The number of aryl methyl sites for hydroxylation is 2. The van der Waals surface area contributed by atoms with Crippen LogP contribution in [0.4, 0.5) is 5.82 Å². The first-order chi connectivity index (χ1) is 14.8. The lowest BCUT2D eigenvalue weighted by atomic mass is 10.2. The number of anilines is 1. The number of thiophene rings is 1. The number of fused-ring (bicyclic) bond motifs is 2. The van der Waals surface area contributed by atoms with E-state index in [1.54, 1.807) is 23.6 Å². The van der Waals surface area contributed by atoms with Crippen LogP contribution in [0.3, 0.4) is 0 Å². The van der Waals surface area contributed by atoms with Crippen LogP contribution in [0.5, 0.6) is 0 Å². The zero-order valence-corrected chi connectivity index (χ0v) is 18.7. The summed E-state index contributed by atoms with van der Waals surface area (Å²) in [4.78, 5) is 47.6. The molecule has 10 heteroatoms. The maximum atomic E-state index is 13.0. The van der Waals surface area contributed by atoms with Gasteiger partial charge in [0.1, 0.15) is 21.3 Å². The lowest BCUT2D eigenvalue weighted by Crippen LogP contribution is -2.30. The van der Waals surface area contributed by atoms with Crippen LogP contribution >= 0.6 is 22.9 Å². The molecule has 0 radical (unpaired) electrons. The maximum Gasteiger partial charge on any atom is 0.349 e. The minimum Gasteiger partial charge on any atom is -0.448 e. The summed E-state index contributed by atoms with van der Waals surface area (Å²) in [5.41, 5.74) is 0.420. The van der Waals surface area contributed by atoms with Crippen molar-refractivity contribution >= 4 is 50.8 Å². The van der Waals surface area contributed by atoms with Gasteiger partial charge < -0.3 is 10.1 Å². The van der Waals surface area contributed by atoms with Crippen molar-refractivity contribution in [3.8, 4) is 0 Å². The van der Waals surface area contributed by atoms with Gasteiger partial charge in [-0.05, 0) is 44.4 Å². The summed E-state index contributed by atoms with van der Waals surface area (Å²) in [7, 11) is 0. The van der Waals surface area contributed by atoms with E-state index < -0.39 is 18.0 Å². The van der Waals surface area contributed by atoms with Crippen LogP contribution in [0, 0.1) is 6.92 Å². The second-order valence-electron chi connectivity index (χ2n) is 7.43. The number of carbonyl (C=O) groups excluding carboxylic acids is 2. The van der Waals surface area contributed by atoms with Gasteiger partial charge in [0.2, 0.25) is 0 Å². The summed E-state index contributed by atoms with van der Waals surface area (Å²) < 4.78 is 7.08. The van der Waals surface area contributed by atoms with Crippen LogP contribution in [-0.4, -0.2) is 32.5 Å². The molecule has 162 valence electrons. The fraction of sp³-hybridized carbons (Fsp3) is 0.381. The van der Waals surface area contributed by atoms with E-state index in [1.165, 1.54) is 13.1 Å². The molecule has 0 fully saturated rings. The van der Waals surface area contributed by atoms with Crippen LogP contribution in [0.15, 0.2) is 23.1 Å². The Bertz CT molecular complexity index is 1220. The van der Waals surface area contributed by atoms with E-state index >= 15 is 0 Å². The average molecular weight is 461 g/mol. The van der Waals surface area contributed by atoms with Crippen molar-refractivity contribution in [3.63, 3.8) is 0 Å². The largest absolute Gasteiger partial charge is 0.448 e. The normalized spacial score (nSPS) is 14.5. The first-order valence-corrected chi connectivity index (χ1v) is 11.2. The van der Waals surface area contributed by atoms with Crippen LogP contribution in [-0.2, 0) is 22.5 Å². The van der Waals surface area contributed by atoms with Gasteiger partial charge in [-0.3, -0.25) is 14.2 Å². The summed E-state index contributed by atoms with van der Waals surface area (Å²) >= 11 is 6.91. The first kappa shape index (κ1) is 21.5. The van der Waals surface area contributed by atoms with E-state index in [0.717, 1.165) is 42.8 Å². The Labute approximate surface area is 187 Å². The molecule has 0 saturated heterocycles. The monoisotopic (exact) mass is 460 g/mol. The van der Waals surface area contributed by atoms with Gasteiger partial charge >= 0.3 is 5.97 Å². The minimum atomic E-state index is -1.06. The Kier molecular flexibility index (Phi) is 6.06. The number of amides is 1. The molecule has 1 N–H and O–H groups in total. The quantitative estimate of drug-likeness (QED) is 0.595. The molecule has 1 amide bonds. The van der Waals surface area contributed by atoms with Gasteiger partial charge in [0.25, 0.3) is 11.5 Å². The number of aromatic nitrogens is 3. The van der Waals surface area contributed by atoms with E-state index in [-0.39, 0.29) is 10.4 Å². The molecule has 4 rings (SSSR count). The molecule has 4 heterocycles. The standard InChI is InChI=1S/C21H21ClN4O4S/c1-11-16-19(25-15-6-4-3-5-9-26(15)20(16)28)31-17(11)21(29)30-12(2)18(27)24-14-8-7-13(22)10-23-14/h7-8,10,12H,3-6,9H2,1-2H3,(H,23,24,27).